The van der Waals surface area contributed by atoms with Crippen molar-refractivity contribution in [2.24, 2.45) is 0 Å². The third-order valence-electron chi connectivity index (χ3n) is 5.88. The maximum Gasteiger partial charge on any atom is 0.417 e. The topological polar surface area (TPSA) is 62.2 Å². The van der Waals surface area contributed by atoms with E-state index in [-0.39, 0.29) is 11.4 Å². The van der Waals surface area contributed by atoms with E-state index in [2.05, 4.69) is 22.4 Å². The van der Waals surface area contributed by atoms with Crippen LogP contribution in [0.5, 0.6) is 0 Å². The molecule has 1 aliphatic heterocycles. The normalized spacial score (nSPS) is 14.5. The first-order chi connectivity index (χ1) is 15.2. The molecule has 0 bridgehead atoms. The highest BCUT2D eigenvalue weighted by atomic mass is 35.5. The monoisotopic (exact) mass is 468 g/mol. The Bertz CT molecular complexity index is 934. The van der Waals surface area contributed by atoms with Crippen LogP contribution in [0.3, 0.4) is 0 Å². The van der Waals surface area contributed by atoms with Crippen molar-refractivity contribution in [2.75, 3.05) is 11.9 Å². The van der Waals surface area contributed by atoms with Gasteiger partial charge in [-0.2, -0.15) is 13.2 Å². The number of nitrogens with one attached hydrogen (secondary N) is 1. The van der Waals surface area contributed by atoms with Crippen LogP contribution in [0.25, 0.3) is 0 Å². The minimum atomic E-state index is -4.57. The van der Waals surface area contributed by atoms with Gasteiger partial charge in [-0.25, -0.2) is 4.98 Å². The van der Waals surface area contributed by atoms with E-state index in [9.17, 15) is 23.1 Å². The van der Waals surface area contributed by atoms with Gasteiger partial charge < -0.3 is 10.4 Å². The van der Waals surface area contributed by atoms with Crippen molar-refractivity contribution in [2.45, 2.75) is 69.9 Å². The van der Waals surface area contributed by atoms with Gasteiger partial charge in [0.25, 0.3) is 0 Å². The van der Waals surface area contributed by atoms with Crippen molar-refractivity contribution in [1.82, 2.24) is 4.98 Å². The Balaban J connectivity index is 1.49. The van der Waals surface area contributed by atoms with Gasteiger partial charge >= 0.3 is 12.1 Å². The van der Waals surface area contributed by atoms with Gasteiger partial charge in [0.05, 0.1) is 17.0 Å². The van der Waals surface area contributed by atoms with Crippen LogP contribution < -0.4 is 5.32 Å². The molecule has 0 amide bonds. The van der Waals surface area contributed by atoms with E-state index in [1.54, 1.807) is 0 Å². The largest absolute Gasteiger partial charge is 0.481 e. The summed E-state index contributed by atoms with van der Waals surface area (Å²) in [5.74, 6) is -0.503. The molecule has 0 saturated carbocycles. The molecule has 8 heteroatoms. The standard InChI is InChI=1S/C24H28ClF3N2O2/c25-21-12-10-18(14-20(21)24(26,27)28)17(15-22(31)32)6-3-1-2-4-8-19-11-9-16-7-5-13-29-23(16)30-19/h9-12,14,17H,1-8,13,15H2,(H,29,30)(H,31,32). The molecule has 1 unspecified atom stereocenters. The van der Waals surface area contributed by atoms with Crippen molar-refractivity contribution in [3.05, 3.63) is 57.7 Å². The van der Waals surface area contributed by atoms with E-state index >= 15 is 0 Å². The van der Waals surface area contributed by atoms with Gasteiger partial charge in [-0.15, -0.1) is 0 Å². The van der Waals surface area contributed by atoms with Crippen molar-refractivity contribution in [1.29, 1.82) is 0 Å². The smallest absolute Gasteiger partial charge is 0.417 e. The molecular weight excluding hydrogens is 441 g/mol. The second-order valence-corrected chi connectivity index (χ2v) is 8.73. The van der Waals surface area contributed by atoms with Crippen LogP contribution in [0.1, 0.15) is 73.2 Å². The van der Waals surface area contributed by atoms with Crippen LogP contribution in [-0.4, -0.2) is 22.6 Å². The predicted octanol–water partition coefficient (Wildman–Crippen LogP) is 6.86. The third-order valence-corrected chi connectivity index (χ3v) is 6.21. The number of carbonyl (C=O) groups is 1. The molecule has 0 fully saturated rings. The Kier molecular flexibility index (Phi) is 8.40. The van der Waals surface area contributed by atoms with E-state index in [1.165, 1.54) is 17.7 Å². The zero-order chi connectivity index (χ0) is 23.1. The van der Waals surface area contributed by atoms with Gasteiger partial charge in [-0.1, -0.05) is 43.0 Å². The van der Waals surface area contributed by atoms with Crippen LogP contribution in [0.2, 0.25) is 5.02 Å². The number of pyridine rings is 1. The van der Waals surface area contributed by atoms with Crippen molar-refractivity contribution < 1.29 is 23.1 Å². The lowest BCUT2D eigenvalue weighted by Crippen LogP contribution is -2.14. The first kappa shape index (κ1) is 24.4. The van der Waals surface area contributed by atoms with Crippen molar-refractivity contribution >= 4 is 23.4 Å². The summed E-state index contributed by atoms with van der Waals surface area (Å²) in [4.78, 5) is 16.0. The lowest BCUT2D eigenvalue weighted by molar-refractivity contribution is -0.138. The number of hydrogen-bond donors (Lipinski definition) is 2. The van der Waals surface area contributed by atoms with E-state index in [0.29, 0.717) is 12.0 Å². The van der Waals surface area contributed by atoms with Gasteiger partial charge in [0, 0.05) is 12.2 Å². The quantitative estimate of drug-likeness (QED) is 0.374. The molecule has 1 aliphatic rings. The van der Waals surface area contributed by atoms with Crippen LogP contribution in [0.15, 0.2) is 30.3 Å². The first-order valence-corrected chi connectivity index (χ1v) is 11.4. The highest BCUT2D eigenvalue weighted by Crippen LogP contribution is 2.38. The lowest BCUT2D eigenvalue weighted by atomic mass is 9.89. The summed E-state index contributed by atoms with van der Waals surface area (Å²) in [6.45, 7) is 0.957. The van der Waals surface area contributed by atoms with Crippen molar-refractivity contribution in [3.63, 3.8) is 0 Å². The molecule has 0 aliphatic carbocycles. The predicted molar refractivity (Wildman–Crippen MR) is 119 cm³/mol. The molecule has 2 N–H and O–H groups in total. The number of hydrogen-bond acceptors (Lipinski definition) is 3. The average Bonchev–Trinajstić information content (AvgIpc) is 2.74. The Labute approximate surface area is 191 Å². The molecule has 0 saturated heterocycles. The number of alkyl halides is 3. The first-order valence-electron chi connectivity index (χ1n) is 11.0. The van der Waals surface area contributed by atoms with Gasteiger partial charge in [0.1, 0.15) is 5.82 Å². The number of nitrogens with zero attached hydrogens (tertiary/aromatic N) is 1. The van der Waals surface area contributed by atoms with Gasteiger partial charge in [-0.05, 0) is 67.3 Å². The van der Waals surface area contributed by atoms with Gasteiger partial charge in [0.15, 0.2) is 0 Å². The summed E-state index contributed by atoms with van der Waals surface area (Å²) in [6, 6.07) is 7.91. The summed E-state index contributed by atoms with van der Waals surface area (Å²) in [5.41, 5.74) is 1.78. The number of unbranched alkanes of at least 4 members (excludes halogenated alkanes) is 3. The number of rotatable bonds is 10. The van der Waals surface area contributed by atoms with Crippen LogP contribution in [0, 0.1) is 0 Å². The minimum Gasteiger partial charge on any atom is -0.481 e. The maximum atomic E-state index is 13.2. The summed E-state index contributed by atoms with van der Waals surface area (Å²) >= 11 is 5.70. The number of anilines is 1. The number of halogens is 4. The second kappa shape index (κ2) is 11.0. The SMILES string of the molecule is O=C(O)CC(CCCCCCc1ccc2c(n1)NCCC2)c1ccc(Cl)c(C(F)(F)F)c1. The molecular formula is C24H28ClF3N2O2. The van der Waals surface area contributed by atoms with E-state index in [0.717, 1.165) is 69.1 Å². The number of carboxylic acids is 1. The third kappa shape index (κ3) is 6.86. The number of aryl methyl sites for hydroxylation is 2. The molecule has 1 atom stereocenters. The summed E-state index contributed by atoms with van der Waals surface area (Å²) < 4.78 is 39.5. The number of aromatic nitrogens is 1. The van der Waals surface area contributed by atoms with Crippen LogP contribution in [-0.2, 0) is 23.8 Å². The molecule has 2 heterocycles. The Morgan fingerprint density at radius 1 is 1.16 bits per heavy atom. The molecule has 3 rings (SSSR count). The summed E-state index contributed by atoms with van der Waals surface area (Å²) in [6.07, 6.45) is 2.38. The Morgan fingerprint density at radius 3 is 2.69 bits per heavy atom. The highest BCUT2D eigenvalue weighted by Gasteiger charge is 2.34. The molecule has 0 radical (unpaired) electrons. The molecule has 174 valence electrons. The van der Waals surface area contributed by atoms with Gasteiger partial charge in [-0.3, -0.25) is 4.79 Å². The van der Waals surface area contributed by atoms with Crippen LogP contribution in [0.4, 0.5) is 19.0 Å². The fourth-order valence-electron chi connectivity index (χ4n) is 4.17. The van der Waals surface area contributed by atoms with Crippen LogP contribution >= 0.6 is 11.6 Å². The average molecular weight is 469 g/mol. The summed E-state index contributed by atoms with van der Waals surface area (Å²) in [5, 5.41) is 12.2. The minimum absolute atomic E-state index is 0.203. The number of aliphatic carboxylic acids is 1. The molecule has 2 aromatic rings. The van der Waals surface area contributed by atoms with E-state index in [4.69, 9.17) is 11.6 Å². The van der Waals surface area contributed by atoms with E-state index < -0.39 is 23.6 Å². The number of carboxylic acid groups (broad SMARTS) is 1. The maximum absolute atomic E-state index is 13.2. The second-order valence-electron chi connectivity index (χ2n) is 8.33. The lowest BCUT2D eigenvalue weighted by Gasteiger charge is -2.18. The number of benzene rings is 1. The Hall–Kier alpha value is -2.28. The zero-order valence-corrected chi connectivity index (χ0v) is 18.6. The number of fused-ring (bicyclic) bond motifs is 1. The highest BCUT2D eigenvalue weighted by molar-refractivity contribution is 6.31. The summed E-state index contributed by atoms with van der Waals surface area (Å²) in [7, 11) is 0. The molecule has 32 heavy (non-hydrogen) atoms. The molecule has 1 aromatic heterocycles. The zero-order valence-electron chi connectivity index (χ0n) is 17.8. The van der Waals surface area contributed by atoms with Gasteiger partial charge in [0.2, 0.25) is 0 Å². The molecule has 1 aromatic carbocycles. The Morgan fingerprint density at radius 2 is 1.94 bits per heavy atom. The fourth-order valence-corrected chi connectivity index (χ4v) is 4.39. The van der Waals surface area contributed by atoms with Crippen molar-refractivity contribution in [3.8, 4) is 0 Å². The fraction of sp³-hybridized carbons (Fsp3) is 0.500. The molecule has 0 spiro atoms. The molecule has 4 nitrogen and oxygen atoms in total. The van der Waals surface area contributed by atoms with E-state index in [1.807, 2.05) is 0 Å².